The van der Waals surface area contributed by atoms with Crippen LogP contribution in [0.15, 0.2) is 35.3 Å². The van der Waals surface area contributed by atoms with Crippen molar-refractivity contribution in [2.45, 2.75) is 19.9 Å². The quantitative estimate of drug-likeness (QED) is 0.267. The van der Waals surface area contributed by atoms with Crippen LogP contribution in [0.3, 0.4) is 0 Å². The molecule has 6 nitrogen and oxygen atoms in total. The van der Waals surface area contributed by atoms with E-state index < -0.39 is 0 Å². The number of nitrogens with zero attached hydrogens (tertiary/aromatic N) is 3. The first kappa shape index (κ1) is 26.1. The molecule has 0 aliphatic carbocycles. The molecule has 1 unspecified atom stereocenters. The molecule has 0 heterocycles. The summed E-state index contributed by atoms with van der Waals surface area (Å²) in [7, 11) is 5.65. The molecule has 1 atom stereocenters. The van der Waals surface area contributed by atoms with Crippen LogP contribution in [-0.2, 0) is 4.74 Å². The van der Waals surface area contributed by atoms with Gasteiger partial charge in [-0.25, -0.2) is 0 Å². The summed E-state index contributed by atoms with van der Waals surface area (Å²) < 4.78 is 5.11. The lowest BCUT2D eigenvalue weighted by molar-refractivity contribution is 0.162. The fourth-order valence-corrected chi connectivity index (χ4v) is 2.94. The Bertz CT molecular complexity index is 496. The van der Waals surface area contributed by atoms with Gasteiger partial charge >= 0.3 is 0 Å². The van der Waals surface area contributed by atoms with Gasteiger partial charge in [-0.1, -0.05) is 44.2 Å². The monoisotopic (exact) mass is 491 g/mol. The number of halogens is 1. The first-order chi connectivity index (χ1) is 12.7. The Morgan fingerprint density at radius 2 is 1.78 bits per heavy atom. The fraction of sp³-hybridized carbons (Fsp3) is 0.650. The second-order valence-electron chi connectivity index (χ2n) is 6.32. The van der Waals surface area contributed by atoms with Gasteiger partial charge in [-0.05, 0) is 25.7 Å². The molecule has 0 fully saturated rings. The van der Waals surface area contributed by atoms with E-state index in [0.717, 1.165) is 51.8 Å². The third kappa shape index (κ3) is 10.3. The second-order valence-corrected chi connectivity index (χ2v) is 6.32. The smallest absolute Gasteiger partial charge is 0.191 e. The Morgan fingerprint density at radius 3 is 2.33 bits per heavy atom. The summed E-state index contributed by atoms with van der Waals surface area (Å²) in [6, 6.07) is 11.0. The van der Waals surface area contributed by atoms with E-state index in [9.17, 15) is 0 Å². The molecule has 7 heteroatoms. The predicted octanol–water partition coefficient (Wildman–Crippen LogP) is 2.43. The summed E-state index contributed by atoms with van der Waals surface area (Å²) in [4.78, 5) is 9.07. The third-order valence-electron chi connectivity index (χ3n) is 4.59. The van der Waals surface area contributed by atoms with Gasteiger partial charge < -0.3 is 20.3 Å². The van der Waals surface area contributed by atoms with Crippen molar-refractivity contribution in [3.8, 4) is 0 Å². The average Bonchev–Trinajstić information content (AvgIpc) is 2.68. The molecule has 0 aromatic heterocycles. The maximum absolute atomic E-state index is 5.11. The number of ether oxygens (including phenoxy) is 1. The molecule has 0 aliphatic heterocycles. The molecule has 27 heavy (non-hydrogen) atoms. The maximum atomic E-state index is 5.11. The summed E-state index contributed by atoms with van der Waals surface area (Å²) in [6.07, 6.45) is 0. The number of methoxy groups -OCH3 is 1. The van der Waals surface area contributed by atoms with E-state index in [1.165, 1.54) is 5.56 Å². The number of likely N-dealkylation sites (N-methyl/N-ethyl adjacent to an activating group) is 2. The van der Waals surface area contributed by atoms with Crippen LogP contribution in [0.25, 0.3) is 0 Å². The van der Waals surface area contributed by atoms with E-state index in [1.807, 2.05) is 7.05 Å². The summed E-state index contributed by atoms with van der Waals surface area (Å²) in [6.45, 7) is 10.8. The van der Waals surface area contributed by atoms with Crippen LogP contribution in [0.4, 0.5) is 0 Å². The van der Waals surface area contributed by atoms with Crippen LogP contribution in [0.1, 0.15) is 25.5 Å². The molecule has 1 rings (SSSR count). The maximum Gasteiger partial charge on any atom is 0.191 e. The van der Waals surface area contributed by atoms with E-state index >= 15 is 0 Å². The largest absolute Gasteiger partial charge is 0.383 e. The number of nitrogens with one attached hydrogen (secondary N) is 2. The number of guanidine groups is 1. The van der Waals surface area contributed by atoms with E-state index in [-0.39, 0.29) is 24.0 Å². The second kappa shape index (κ2) is 16.1. The lowest BCUT2D eigenvalue weighted by atomic mass is 10.1. The van der Waals surface area contributed by atoms with Crippen LogP contribution < -0.4 is 10.6 Å². The first-order valence-electron chi connectivity index (χ1n) is 9.57. The van der Waals surface area contributed by atoms with Gasteiger partial charge in [0.15, 0.2) is 5.96 Å². The predicted molar refractivity (Wildman–Crippen MR) is 126 cm³/mol. The number of hydrogen-bond acceptors (Lipinski definition) is 4. The Balaban J connectivity index is 0.00000676. The molecule has 1 aromatic carbocycles. The van der Waals surface area contributed by atoms with Crippen LogP contribution in [0.5, 0.6) is 0 Å². The summed E-state index contributed by atoms with van der Waals surface area (Å²) >= 11 is 0. The zero-order chi connectivity index (χ0) is 19.2. The van der Waals surface area contributed by atoms with E-state index in [2.05, 4.69) is 76.7 Å². The molecule has 0 saturated heterocycles. The number of benzene rings is 1. The van der Waals surface area contributed by atoms with Gasteiger partial charge in [0.25, 0.3) is 0 Å². The summed E-state index contributed by atoms with van der Waals surface area (Å²) in [5, 5.41) is 6.88. The first-order valence-corrected chi connectivity index (χ1v) is 9.57. The molecule has 1 aromatic rings. The lowest BCUT2D eigenvalue weighted by Crippen LogP contribution is -2.45. The highest BCUT2D eigenvalue weighted by molar-refractivity contribution is 14.0. The minimum absolute atomic E-state index is 0. The Labute approximate surface area is 182 Å². The van der Waals surface area contributed by atoms with Crippen molar-refractivity contribution in [2.75, 3.05) is 67.1 Å². The number of aliphatic imine (C=N–C) groups is 1. The van der Waals surface area contributed by atoms with Crippen LogP contribution in [-0.4, -0.2) is 82.8 Å². The van der Waals surface area contributed by atoms with Gasteiger partial charge in [0, 0.05) is 40.3 Å². The van der Waals surface area contributed by atoms with Gasteiger partial charge in [0.05, 0.1) is 12.6 Å². The van der Waals surface area contributed by atoms with Gasteiger partial charge in [-0.2, -0.15) is 0 Å². The Morgan fingerprint density at radius 1 is 1.11 bits per heavy atom. The zero-order valence-corrected chi connectivity index (χ0v) is 19.9. The fourth-order valence-electron chi connectivity index (χ4n) is 2.94. The highest BCUT2D eigenvalue weighted by atomic mass is 127. The van der Waals surface area contributed by atoms with Crippen molar-refractivity contribution in [3.05, 3.63) is 35.9 Å². The topological polar surface area (TPSA) is 52.1 Å². The number of hydrogen-bond donors (Lipinski definition) is 2. The number of rotatable bonds is 12. The van der Waals surface area contributed by atoms with Crippen molar-refractivity contribution in [2.24, 2.45) is 4.99 Å². The van der Waals surface area contributed by atoms with Gasteiger partial charge in [-0.15, -0.1) is 24.0 Å². The molecule has 0 bridgehead atoms. The van der Waals surface area contributed by atoms with E-state index in [1.54, 1.807) is 7.11 Å². The molecule has 0 spiro atoms. The van der Waals surface area contributed by atoms with E-state index in [0.29, 0.717) is 6.04 Å². The Kier molecular flexibility index (Phi) is 15.6. The van der Waals surface area contributed by atoms with Gasteiger partial charge in [-0.3, -0.25) is 9.89 Å². The SMILES string of the molecule is CCN(CC)C(CNC(=NC)NCCN(C)CCOC)c1ccccc1.I. The normalized spacial score (nSPS) is 12.8. The zero-order valence-electron chi connectivity index (χ0n) is 17.6. The summed E-state index contributed by atoms with van der Waals surface area (Å²) in [5.74, 6) is 0.846. The minimum Gasteiger partial charge on any atom is -0.383 e. The molecular weight excluding hydrogens is 453 g/mol. The molecular formula is C20H38IN5O. The van der Waals surface area contributed by atoms with Crippen molar-refractivity contribution >= 4 is 29.9 Å². The van der Waals surface area contributed by atoms with Crippen LogP contribution in [0.2, 0.25) is 0 Å². The lowest BCUT2D eigenvalue weighted by Gasteiger charge is -2.31. The molecule has 0 radical (unpaired) electrons. The van der Waals surface area contributed by atoms with Crippen molar-refractivity contribution < 1.29 is 4.74 Å². The van der Waals surface area contributed by atoms with Gasteiger partial charge in [0.1, 0.15) is 0 Å². The van der Waals surface area contributed by atoms with Crippen molar-refractivity contribution in [3.63, 3.8) is 0 Å². The van der Waals surface area contributed by atoms with Crippen molar-refractivity contribution in [1.82, 2.24) is 20.4 Å². The minimum atomic E-state index is 0. The molecule has 0 aliphatic rings. The third-order valence-corrected chi connectivity index (χ3v) is 4.59. The van der Waals surface area contributed by atoms with Crippen LogP contribution >= 0.6 is 24.0 Å². The highest BCUT2D eigenvalue weighted by Gasteiger charge is 2.18. The molecule has 0 saturated carbocycles. The molecule has 0 amide bonds. The van der Waals surface area contributed by atoms with E-state index in [4.69, 9.17) is 4.74 Å². The van der Waals surface area contributed by atoms with Crippen LogP contribution in [0, 0.1) is 0 Å². The van der Waals surface area contributed by atoms with Crippen molar-refractivity contribution in [1.29, 1.82) is 0 Å². The molecule has 156 valence electrons. The molecule has 2 N–H and O–H groups in total. The standard InChI is InChI=1S/C20H37N5O.HI/c1-6-25(7-2)19(18-11-9-8-10-12-18)17-23-20(21-3)22-13-14-24(4)15-16-26-5;/h8-12,19H,6-7,13-17H2,1-5H3,(H2,21,22,23);1H. The highest BCUT2D eigenvalue weighted by Crippen LogP contribution is 2.19. The Hall–Kier alpha value is -0.900. The average molecular weight is 491 g/mol. The van der Waals surface area contributed by atoms with Gasteiger partial charge in [0.2, 0.25) is 0 Å². The summed E-state index contributed by atoms with van der Waals surface area (Å²) in [5.41, 5.74) is 1.33.